The summed E-state index contributed by atoms with van der Waals surface area (Å²) in [6.45, 7) is 5.03. The Morgan fingerprint density at radius 2 is 1.71 bits per heavy atom. The molecule has 0 saturated heterocycles. The van der Waals surface area contributed by atoms with Gasteiger partial charge in [0.05, 0.1) is 12.1 Å². The van der Waals surface area contributed by atoms with Crippen LogP contribution < -0.4 is 15.4 Å². The van der Waals surface area contributed by atoms with Gasteiger partial charge in [-0.15, -0.1) is 0 Å². The molecule has 28 heavy (non-hydrogen) atoms. The fourth-order valence-electron chi connectivity index (χ4n) is 2.60. The molecule has 0 unspecified atom stereocenters. The first-order valence-corrected chi connectivity index (χ1v) is 9.28. The maximum Gasteiger partial charge on any atom is 0.258 e. The van der Waals surface area contributed by atoms with Crippen molar-refractivity contribution < 1.29 is 19.1 Å². The van der Waals surface area contributed by atoms with Gasteiger partial charge in [-0.3, -0.25) is 14.4 Å². The van der Waals surface area contributed by atoms with Crippen LogP contribution in [0, 0.1) is 13.8 Å². The number of anilines is 1. The Kier molecular flexibility index (Phi) is 7.58. The summed E-state index contributed by atoms with van der Waals surface area (Å²) in [5.41, 5.74) is 2.95. The van der Waals surface area contributed by atoms with Crippen molar-refractivity contribution in [1.29, 1.82) is 0 Å². The van der Waals surface area contributed by atoms with Crippen molar-refractivity contribution in [3.63, 3.8) is 0 Å². The zero-order valence-electron chi connectivity index (χ0n) is 16.1. The van der Waals surface area contributed by atoms with Gasteiger partial charge in [0.1, 0.15) is 5.75 Å². The lowest BCUT2D eigenvalue weighted by Gasteiger charge is -2.13. The van der Waals surface area contributed by atoms with Crippen molar-refractivity contribution >= 4 is 34.9 Å². The molecule has 2 rings (SSSR count). The maximum atomic E-state index is 12.1. The minimum atomic E-state index is -0.471. The van der Waals surface area contributed by atoms with Crippen LogP contribution in [0.5, 0.6) is 5.75 Å². The highest BCUT2D eigenvalue weighted by Crippen LogP contribution is 2.24. The number of Topliss-reactive ketones (excluding diaryl/α,β-unsaturated/α-hetero) is 1. The summed E-state index contributed by atoms with van der Waals surface area (Å²) in [6, 6.07) is 10.4. The lowest BCUT2D eigenvalue weighted by molar-refractivity contribution is -0.125. The van der Waals surface area contributed by atoms with Crippen molar-refractivity contribution in [2.75, 3.05) is 18.5 Å². The van der Waals surface area contributed by atoms with E-state index in [1.165, 1.54) is 6.07 Å². The van der Waals surface area contributed by atoms with Crippen molar-refractivity contribution in [3.05, 3.63) is 58.1 Å². The van der Waals surface area contributed by atoms with Gasteiger partial charge in [0.25, 0.3) is 5.91 Å². The monoisotopic (exact) mass is 402 g/mol. The highest BCUT2D eigenvalue weighted by molar-refractivity contribution is 6.31. The highest BCUT2D eigenvalue weighted by atomic mass is 35.5. The van der Waals surface area contributed by atoms with E-state index >= 15 is 0 Å². The number of hydrogen-bond donors (Lipinski definition) is 2. The van der Waals surface area contributed by atoms with Crippen LogP contribution in [0.2, 0.25) is 5.02 Å². The molecule has 2 aromatic rings. The molecule has 0 saturated carbocycles. The first kappa shape index (κ1) is 21.4. The average Bonchev–Trinajstić information content (AvgIpc) is 2.67. The molecule has 0 heterocycles. The van der Waals surface area contributed by atoms with Crippen LogP contribution in [0.25, 0.3) is 0 Å². The Bertz CT molecular complexity index is 876. The Labute approximate surface area is 169 Å². The fourth-order valence-corrected chi connectivity index (χ4v) is 2.78. The average molecular weight is 403 g/mol. The molecular weight excluding hydrogens is 380 g/mol. The molecule has 0 aliphatic rings. The third-order valence-corrected chi connectivity index (χ3v) is 4.35. The van der Waals surface area contributed by atoms with Crippen LogP contribution in [-0.4, -0.2) is 30.7 Å². The standard InChI is InChI=1S/C21H23ClN2O4/c1-4-17(25)16-10-15(22)8-9-18(16)28-12-20(27)23-11-19(26)24-21-13(2)6-5-7-14(21)3/h5-10H,4,11-12H2,1-3H3,(H,23,27)(H,24,26). The van der Waals surface area contributed by atoms with Crippen LogP contribution in [0.15, 0.2) is 36.4 Å². The van der Waals surface area contributed by atoms with Gasteiger partial charge in [0.15, 0.2) is 12.4 Å². The van der Waals surface area contributed by atoms with Crippen molar-refractivity contribution in [3.8, 4) is 5.75 Å². The number of para-hydroxylation sites is 1. The van der Waals surface area contributed by atoms with Gasteiger partial charge in [-0.1, -0.05) is 36.7 Å². The number of ketones is 1. The quantitative estimate of drug-likeness (QED) is 0.659. The summed E-state index contributed by atoms with van der Waals surface area (Å²) in [5, 5.41) is 5.70. The van der Waals surface area contributed by atoms with E-state index in [1.54, 1.807) is 19.1 Å². The minimum Gasteiger partial charge on any atom is -0.483 e. The van der Waals surface area contributed by atoms with Gasteiger partial charge in [-0.25, -0.2) is 0 Å². The summed E-state index contributed by atoms with van der Waals surface area (Å²) in [7, 11) is 0. The van der Waals surface area contributed by atoms with Crippen molar-refractivity contribution in [1.82, 2.24) is 5.32 Å². The Morgan fingerprint density at radius 1 is 1.04 bits per heavy atom. The van der Waals surface area contributed by atoms with Crippen LogP contribution in [0.4, 0.5) is 5.69 Å². The van der Waals surface area contributed by atoms with E-state index in [9.17, 15) is 14.4 Å². The second kappa shape index (κ2) is 9.90. The van der Waals surface area contributed by atoms with Gasteiger partial charge >= 0.3 is 0 Å². The molecule has 0 radical (unpaired) electrons. The second-order valence-corrected chi connectivity index (χ2v) is 6.73. The normalized spacial score (nSPS) is 10.3. The highest BCUT2D eigenvalue weighted by Gasteiger charge is 2.14. The molecule has 0 aliphatic heterocycles. The fraction of sp³-hybridized carbons (Fsp3) is 0.286. The predicted octanol–water partition coefficient (Wildman–Crippen LogP) is 3.68. The van der Waals surface area contributed by atoms with E-state index in [-0.39, 0.29) is 30.6 Å². The molecule has 0 bridgehead atoms. The molecule has 0 fully saturated rings. The zero-order chi connectivity index (χ0) is 20.7. The van der Waals surface area contributed by atoms with E-state index in [4.69, 9.17) is 16.3 Å². The molecule has 6 nitrogen and oxygen atoms in total. The lowest BCUT2D eigenvalue weighted by atomic mass is 10.1. The molecule has 2 N–H and O–H groups in total. The van der Waals surface area contributed by atoms with Gasteiger partial charge in [-0.05, 0) is 43.2 Å². The SMILES string of the molecule is CCC(=O)c1cc(Cl)ccc1OCC(=O)NCC(=O)Nc1c(C)cccc1C. The molecule has 7 heteroatoms. The molecule has 0 aliphatic carbocycles. The second-order valence-electron chi connectivity index (χ2n) is 6.30. The summed E-state index contributed by atoms with van der Waals surface area (Å²) in [5.74, 6) is -0.655. The summed E-state index contributed by atoms with van der Waals surface area (Å²) in [6.07, 6.45) is 0.293. The maximum absolute atomic E-state index is 12.1. The third kappa shape index (κ3) is 5.82. The largest absolute Gasteiger partial charge is 0.483 e. The third-order valence-electron chi connectivity index (χ3n) is 4.11. The Balaban J connectivity index is 1.88. The molecule has 0 atom stereocenters. The zero-order valence-corrected chi connectivity index (χ0v) is 16.9. The Hall–Kier alpha value is -2.86. The summed E-state index contributed by atoms with van der Waals surface area (Å²) >= 11 is 5.92. The number of nitrogens with one attached hydrogen (secondary N) is 2. The van der Waals surface area contributed by atoms with Crippen LogP contribution in [-0.2, 0) is 9.59 Å². The van der Waals surface area contributed by atoms with Crippen LogP contribution in [0.1, 0.15) is 34.8 Å². The van der Waals surface area contributed by atoms with E-state index in [1.807, 2.05) is 32.0 Å². The van der Waals surface area contributed by atoms with E-state index < -0.39 is 5.91 Å². The lowest BCUT2D eigenvalue weighted by Crippen LogP contribution is -2.36. The first-order valence-electron chi connectivity index (χ1n) is 8.90. The van der Waals surface area contributed by atoms with Gasteiger partial charge < -0.3 is 15.4 Å². The van der Waals surface area contributed by atoms with E-state index in [0.717, 1.165) is 16.8 Å². The Morgan fingerprint density at radius 3 is 2.36 bits per heavy atom. The first-order chi connectivity index (χ1) is 13.3. The topological polar surface area (TPSA) is 84.5 Å². The van der Waals surface area contributed by atoms with E-state index in [2.05, 4.69) is 10.6 Å². The number of carbonyl (C=O) groups excluding carboxylic acids is 3. The number of benzene rings is 2. The van der Waals surface area contributed by atoms with Crippen LogP contribution >= 0.6 is 11.6 Å². The molecular formula is C21H23ClN2O4. The number of ether oxygens (including phenoxy) is 1. The smallest absolute Gasteiger partial charge is 0.258 e. The van der Waals surface area contributed by atoms with Crippen molar-refractivity contribution in [2.24, 2.45) is 0 Å². The number of carbonyl (C=O) groups is 3. The summed E-state index contributed by atoms with van der Waals surface area (Å²) in [4.78, 5) is 36.1. The van der Waals surface area contributed by atoms with Gasteiger partial charge in [0.2, 0.25) is 5.91 Å². The van der Waals surface area contributed by atoms with Crippen molar-refractivity contribution in [2.45, 2.75) is 27.2 Å². The number of aryl methyl sites for hydroxylation is 2. The number of hydrogen-bond acceptors (Lipinski definition) is 4. The molecule has 148 valence electrons. The number of amides is 2. The summed E-state index contributed by atoms with van der Waals surface area (Å²) < 4.78 is 5.44. The van der Waals surface area contributed by atoms with Gasteiger partial charge in [-0.2, -0.15) is 0 Å². The molecule has 2 amide bonds. The number of rotatable bonds is 8. The molecule has 0 aromatic heterocycles. The van der Waals surface area contributed by atoms with E-state index in [0.29, 0.717) is 17.0 Å². The predicted molar refractivity (Wildman–Crippen MR) is 109 cm³/mol. The number of halogens is 1. The minimum absolute atomic E-state index is 0.133. The van der Waals surface area contributed by atoms with Gasteiger partial charge in [0, 0.05) is 17.1 Å². The molecule has 0 spiro atoms. The molecule has 2 aromatic carbocycles. The van der Waals surface area contributed by atoms with Crippen LogP contribution in [0.3, 0.4) is 0 Å².